The maximum absolute atomic E-state index is 13.0. The highest BCUT2D eigenvalue weighted by molar-refractivity contribution is 5.98. The van der Waals surface area contributed by atoms with E-state index >= 15 is 0 Å². The molecule has 3 aromatic carbocycles. The zero-order valence-corrected chi connectivity index (χ0v) is 16.8. The van der Waals surface area contributed by atoms with Gasteiger partial charge in [-0.3, -0.25) is 4.90 Å². The quantitative estimate of drug-likeness (QED) is 0.639. The molecule has 0 aromatic heterocycles. The van der Waals surface area contributed by atoms with E-state index in [0.717, 1.165) is 16.3 Å². The number of aromatic hydroxyl groups is 1. The number of nitrogens with one attached hydrogen (secondary N) is 1. The molecule has 2 N–H and O–H groups in total. The summed E-state index contributed by atoms with van der Waals surface area (Å²) in [7, 11) is 1.31. The minimum absolute atomic E-state index is 0.00436. The molecule has 30 heavy (non-hydrogen) atoms. The normalized spacial score (nSPS) is 16.5. The van der Waals surface area contributed by atoms with Gasteiger partial charge in [-0.25, -0.2) is 9.59 Å². The maximum atomic E-state index is 13.0. The van der Waals surface area contributed by atoms with E-state index in [2.05, 4.69) is 5.32 Å². The van der Waals surface area contributed by atoms with Crippen LogP contribution in [0.4, 0.5) is 4.79 Å². The Bertz CT molecular complexity index is 1150. The Morgan fingerprint density at radius 1 is 1.07 bits per heavy atom. The number of hydrogen-bond donors (Lipinski definition) is 2. The van der Waals surface area contributed by atoms with Crippen LogP contribution in [0.15, 0.2) is 78.0 Å². The van der Waals surface area contributed by atoms with Gasteiger partial charge in [0.2, 0.25) is 0 Å². The second-order valence-corrected chi connectivity index (χ2v) is 7.16. The molecule has 152 valence electrons. The number of fused-ring (bicyclic) bond motifs is 1. The summed E-state index contributed by atoms with van der Waals surface area (Å²) in [6.45, 7) is 2.04. The highest BCUT2D eigenvalue weighted by Crippen LogP contribution is 2.39. The predicted octanol–water partition coefficient (Wildman–Crippen LogP) is 4.26. The van der Waals surface area contributed by atoms with E-state index in [1.807, 2.05) is 54.6 Å². The Balaban J connectivity index is 1.87. The highest BCUT2D eigenvalue weighted by Gasteiger charge is 2.38. The maximum Gasteiger partial charge on any atom is 0.337 e. The van der Waals surface area contributed by atoms with E-state index in [1.54, 1.807) is 19.1 Å². The number of rotatable bonds is 4. The van der Waals surface area contributed by atoms with Gasteiger partial charge in [-0.2, -0.15) is 0 Å². The minimum Gasteiger partial charge on any atom is -0.508 e. The molecule has 0 radical (unpaired) electrons. The lowest BCUT2D eigenvalue weighted by atomic mass is 9.90. The average molecular weight is 402 g/mol. The fourth-order valence-electron chi connectivity index (χ4n) is 3.92. The first kappa shape index (κ1) is 19.5. The van der Waals surface area contributed by atoms with Crippen LogP contribution in [0, 0.1) is 0 Å². The van der Waals surface area contributed by atoms with E-state index in [9.17, 15) is 14.7 Å². The molecule has 2 amide bonds. The van der Waals surface area contributed by atoms with Gasteiger partial charge in [-0.05, 0) is 29.3 Å². The molecule has 1 atom stereocenters. The van der Waals surface area contributed by atoms with Gasteiger partial charge < -0.3 is 15.2 Å². The Kier molecular flexibility index (Phi) is 5.14. The van der Waals surface area contributed by atoms with Gasteiger partial charge in [-0.15, -0.1) is 0 Å². The number of carbonyl (C=O) groups is 2. The molecule has 6 nitrogen and oxygen atoms in total. The summed E-state index contributed by atoms with van der Waals surface area (Å²) in [5.41, 5.74) is 2.19. The lowest BCUT2D eigenvalue weighted by Crippen LogP contribution is -2.47. The third-order valence-electron chi connectivity index (χ3n) is 5.42. The van der Waals surface area contributed by atoms with Crippen LogP contribution in [-0.4, -0.2) is 29.1 Å². The summed E-state index contributed by atoms with van der Waals surface area (Å²) in [5.74, 6) is -0.549. The van der Waals surface area contributed by atoms with Crippen LogP contribution < -0.4 is 5.32 Å². The van der Waals surface area contributed by atoms with Crippen molar-refractivity contribution in [2.75, 3.05) is 7.11 Å². The van der Waals surface area contributed by atoms with E-state index in [1.165, 1.54) is 12.0 Å². The third-order valence-corrected chi connectivity index (χ3v) is 5.42. The molecule has 6 heteroatoms. The molecule has 4 rings (SSSR count). The van der Waals surface area contributed by atoms with E-state index in [4.69, 9.17) is 4.74 Å². The van der Waals surface area contributed by atoms with Crippen molar-refractivity contribution in [2.45, 2.75) is 19.5 Å². The Morgan fingerprint density at radius 2 is 1.77 bits per heavy atom. The number of benzene rings is 3. The molecule has 1 unspecified atom stereocenters. The first-order valence-corrected chi connectivity index (χ1v) is 9.63. The van der Waals surface area contributed by atoms with Crippen LogP contribution in [0.1, 0.15) is 24.1 Å². The first-order valence-electron chi connectivity index (χ1n) is 9.63. The molecule has 1 aliphatic heterocycles. The topological polar surface area (TPSA) is 78.9 Å². The Labute approximate surface area is 174 Å². The van der Waals surface area contributed by atoms with Crippen molar-refractivity contribution in [2.24, 2.45) is 0 Å². The number of nitrogens with zero attached hydrogens (tertiary/aromatic N) is 1. The van der Waals surface area contributed by atoms with Gasteiger partial charge in [0, 0.05) is 11.3 Å². The van der Waals surface area contributed by atoms with Crippen molar-refractivity contribution >= 4 is 22.8 Å². The summed E-state index contributed by atoms with van der Waals surface area (Å²) >= 11 is 0. The molecular formula is C24H22N2O4. The van der Waals surface area contributed by atoms with E-state index in [0.29, 0.717) is 23.4 Å². The largest absolute Gasteiger partial charge is 0.508 e. The van der Waals surface area contributed by atoms with Gasteiger partial charge in [-0.1, -0.05) is 60.7 Å². The molecule has 0 aliphatic carbocycles. The van der Waals surface area contributed by atoms with Crippen LogP contribution in [0.25, 0.3) is 10.8 Å². The van der Waals surface area contributed by atoms with Crippen molar-refractivity contribution < 1.29 is 19.4 Å². The zero-order chi connectivity index (χ0) is 21.3. The standard InChI is InChI=1S/C24H22N2O4/c1-15-20(23(28)30-2)22(21-18-11-7-6-10-17(18)12-13-19(21)27)25-24(29)26(15)14-16-8-4-3-5-9-16/h3-13,22,27H,14H2,1-2H3,(H,25,29). The lowest BCUT2D eigenvalue weighted by molar-refractivity contribution is -0.136. The number of allylic oxidation sites excluding steroid dienone is 1. The SMILES string of the molecule is COC(=O)C1=C(C)N(Cc2ccccc2)C(=O)NC1c1c(O)ccc2ccccc12. The van der Waals surface area contributed by atoms with Gasteiger partial charge in [0.05, 0.1) is 25.3 Å². The summed E-state index contributed by atoms with van der Waals surface area (Å²) < 4.78 is 5.04. The fraction of sp³-hybridized carbons (Fsp3) is 0.167. The molecule has 0 fully saturated rings. The fourth-order valence-corrected chi connectivity index (χ4v) is 3.92. The molecular weight excluding hydrogens is 380 g/mol. The second-order valence-electron chi connectivity index (χ2n) is 7.16. The zero-order valence-electron chi connectivity index (χ0n) is 16.8. The van der Waals surface area contributed by atoms with Gasteiger partial charge in [0.25, 0.3) is 0 Å². The summed E-state index contributed by atoms with van der Waals surface area (Å²) in [4.78, 5) is 27.3. The monoisotopic (exact) mass is 402 g/mol. The number of phenolic OH excluding ortho intramolecular Hbond substituents is 1. The number of esters is 1. The molecule has 0 bridgehead atoms. The number of methoxy groups -OCH3 is 1. The Hall–Kier alpha value is -3.80. The van der Waals surface area contributed by atoms with Crippen LogP contribution in [-0.2, 0) is 16.1 Å². The first-order chi connectivity index (χ1) is 14.5. The number of amides is 2. The van der Waals surface area contributed by atoms with Gasteiger partial charge >= 0.3 is 12.0 Å². The third kappa shape index (κ3) is 3.37. The van der Waals surface area contributed by atoms with Crippen LogP contribution in [0.2, 0.25) is 0 Å². The van der Waals surface area contributed by atoms with E-state index in [-0.39, 0.29) is 11.8 Å². The smallest absolute Gasteiger partial charge is 0.337 e. The molecule has 1 aliphatic rings. The van der Waals surface area contributed by atoms with Crippen molar-refractivity contribution in [1.29, 1.82) is 0 Å². The summed E-state index contributed by atoms with van der Waals surface area (Å²) in [5, 5.41) is 15.2. The van der Waals surface area contributed by atoms with Crippen molar-refractivity contribution in [3.05, 3.63) is 89.1 Å². The second kappa shape index (κ2) is 7.91. The van der Waals surface area contributed by atoms with Crippen molar-refractivity contribution in [1.82, 2.24) is 10.2 Å². The van der Waals surface area contributed by atoms with Crippen LogP contribution in [0.5, 0.6) is 5.75 Å². The number of ether oxygens (including phenoxy) is 1. The number of urea groups is 1. The van der Waals surface area contributed by atoms with Crippen molar-refractivity contribution in [3.8, 4) is 5.75 Å². The number of hydrogen-bond acceptors (Lipinski definition) is 4. The van der Waals surface area contributed by atoms with E-state index < -0.39 is 12.0 Å². The molecule has 0 saturated carbocycles. The minimum atomic E-state index is -0.830. The Morgan fingerprint density at radius 3 is 2.50 bits per heavy atom. The molecule has 0 saturated heterocycles. The van der Waals surface area contributed by atoms with Crippen molar-refractivity contribution in [3.63, 3.8) is 0 Å². The molecule has 0 spiro atoms. The van der Waals surface area contributed by atoms with Crippen LogP contribution >= 0.6 is 0 Å². The van der Waals surface area contributed by atoms with Gasteiger partial charge in [0.15, 0.2) is 0 Å². The summed E-state index contributed by atoms with van der Waals surface area (Å²) in [6.07, 6.45) is 0. The number of phenols is 1. The average Bonchev–Trinajstić information content (AvgIpc) is 2.76. The summed E-state index contributed by atoms with van der Waals surface area (Å²) in [6, 6.07) is 19.3. The molecule has 3 aromatic rings. The number of carbonyl (C=O) groups excluding carboxylic acids is 2. The predicted molar refractivity (Wildman–Crippen MR) is 114 cm³/mol. The molecule has 1 heterocycles. The lowest BCUT2D eigenvalue weighted by Gasteiger charge is -2.36. The van der Waals surface area contributed by atoms with Gasteiger partial charge in [0.1, 0.15) is 5.75 Å². The highest BCUT2D eigenvalue weighted by atomic mass is 16.5. The van der Waals surface area contributed by atoms with Crippen LogP contribution in [0.3, 0.4) is 0 Å².